The van der Waals surface area contributed by atoms with E-state index in [4.69, 9.17) is 28.3 Å². The van der Waals surface area contributed by atoms with Gasteiger partial charge in [-0.05, 0) is 25.2 Å². The summed E-state index contributed by atoms with van der Waals surface area (Å²) in [5.41, 5.74) is 0.513. The molecule has 1 aromatic carbocycles. The third-order valence-corrected chi connectivity index (χ3v) is 2.97. The minimum atomic E-state index is -0.135. The van der Waals surface area contributed by atoms with Crippen LogP contribution in [-0.2, 0) is 4.79 Å². The Bertz CT molecular complexity index is 413. The molecule has 0 aliphatic heterocycles. The second kappa shape index (κ2) is 7.59. The summed E-state index contributed by atoms with van der Waals surface area (Å²) in [6.07, 6.45) is 0.333. The maximum Gasteiger partial charge on any atom is 0.225 e. The number of anilines is 1. The van der Waals surface area contributed by atoms with Gasteiger partial charge in [0, 0.05) is 24.5 Å². The molecule has 0 fully saturated rings. The van der Waals surface area contributed by atoms with E-state index in [-0.39, 0.29) is 12.5 Å². The molecule has 0 saturated carbocycles. The van der Waals surface area contributed by atoms with Crippen LogP contribution in [-0.4, -0.2) is 42.7 Å². The third-order valence-electron chi connectivity index (χ3n) is 2.40. The summed E-state index contributed by atoms with van der Waals surface area (Å²) in [6, 6.07) is 4.91. The van der Waals surface area contributed by atoms with Crippen LogP contribution in [0.4, 0.5) is 5.69 Å². The van der Waals surface area contributed by atoms with Crippen molar-refractivity contribution in [3.8, 4) is 0 Å². The molecule has 0 atom stereocenters. The fourth-order valence-electron chi connectivity index (χ4n) is 1.38. The number of nitrogens with one attached hydrogen (secondary N) is 1. The molecule has 1 aromatic rings. The molecule has 0 unspecified atom stereocenters. The van der Waals surface area contributed by atoms with E-state index in [0.717, 1.165) is 0 Å². The van der Waals surface area contributed by atoms with Crippen molar-refractivity contribution in [2.45, 2.75) is 6.42 Å². The number of carbonyl (C=O) groups excluding carboxylic acids is 1. The molecule has 18 heavy (non-hydrogen) atoms. The first kappa shape index (κ1) is 15.2. The molecule has 6 heteroatoms. The highest BCUT2D eigenvalue weighted by molar-refractivity contribution is 6.35. The quantitative estimate of drug-likeness (QED) is 0.845. The molecule has 100 valence electrons. The van der Waals surface area contributed by atoms with Crippen LogP contribution in [0.2, 0.25) is 10.0 Å². The molecule has 0 saturated heterocycles. The molecule has 0 bridgehead atoms. The van der Waals surface area contributed by atoms with Gasteiger partial charge in [-0.3, -0.25) is 4.79 Å². The molecule has 0 aromatic heterocycles. The smallest absolute Gasteiger partial charge is 0.225 e. The largest absolute Gasteiger partial charge is 0.395 e. The van der Waals surface area contributed by atoms with E-state index in [9.17, 15) is 4.79 Å². The van der Waals surface area contributed by atoms with Gasteiger partial charge in [0.2, 0.25) is 5.91 Å². The van der Waals surface area contributed by atoms with Crippen LogP contribution < -0.4 is 5.32 Å². The molecule has 2 N–H and O–H groups in total. The van der Waals surface area contributed by atoms with Gasteiger partial charge in [0.05, 0.1) is 17.3 Å². The molecule has 1 rings (SSSR count). The highest BCUT2D eigenvalue weighted by Crippen LogP contribution is 2.25. The first-order chi connectivity index (χ1) is 8.52. The number of hydrogen-bond acceptors (Lipinski definition) is 3. The van der Waals surface area contributed by atoms with Crippen molar-refractivity contribution >= 4 is 34.8 Å². The molecular formula is C12H16Cl2N2O2. The molecule has 4 nitrogen and oxygen atoms in total. The van der Waals surface area contributed by atoms with Crippen LogP contribution in [0.25, 0.3) is 0 Å². The number of benzene rings is 1. The van der Waals surface area contributed by atoms with Crippen molar-refractivity contribution in [3.05, 3.63) is 28.2 Å². The summed E-state index contributed by atoms with van der Waals surface area (Å²) in [5.74, 6) is -0.135. The van der Waals surface area contributed by atoms with Gasteiger partial charge in [-0.2, -0.15) is 0 Å². The van der Waals surface area contributed by atoms with Crippen LogP contribution in [0, 0.1) is 0 Å². The first-order valence-electron chi connectivity index (χ1n) is 5.57. The second-order valence-corrected chi connectivity index (χ2v) is 4.79. The van der Waals surface area contributed by atoms with E-state index >= 15 is 0 Å². The Balaban J connectivity index is 2.47. The highest BCUT2D eigenvalue weighted by atomic mass is 35.5. The Morgan fingerprint density at radius 1 is 1.39 bits per heavy atom. The second-order valence-electron chi connectivity index (χ2n) is 3.95. The van der Waals surface area contributed by atoms with E-state index in [1.165, 1.54) is 0 Å². The lowest BCUT2D eigenvalue weighted by Gasteiger charge is -2.14. The van der Waals surface area contributed by atoms with E-state index in [1.54, 1.807) is 18.2 Å². The predicted octanol–water partition coefficient (Wildman–Crippen LogP) is 2.25. The summed E-state index contributed by atoms with van der Waals surface area (Å²) < 4.78 is 0. The van der Waals surface area contributed by atoms with E-state index in [0.29, 0.717) is 35.2 Å². The third kappa shape index (κ3) is 5.23. The fourth-order valence-corrected chi connectivity index (χ4v) is 1.72. The van der Waals surface area contributed by atoms with Crippen LogP contribution >= 0.6 is 23.2 Å². The summed E-state index contributed by atoms with van der Waals surface area (Å²) in [6.45, 7) is 1.20. The summed E-state index contributed by atoms with van der Waals surface area (Å²) in [7, 11) is 1.84. The summed E-state index contributed by atoms with van der Waals surface area (Å²) in [5, 5.41) is 12.4. The van der Waals surface area contributed by atoms with E-state index in [2.05, 4.69) is 5.32 Å². The topological polar surface area (TPSA) is 52.6 Å². The van der Waals surface area contributed by atoms with Gasteiger partial charge in [-0.25, -0.2) is 0 Å². The Hall–Kier alpha value is -0.810. The molecule has 1 amide bonds. The number of nitrogens with zero attached hydrogens (tertiary/aromatic N) is 1. The fraction of sp³-hybridized carbons (Fsp3) is 0.417. The van der Waals surface area contributed by atoms with Crippen molar-refractivity contribution in [1.82, 2.24) is 4.90 Å². The van der Waals surface area contributed by atoms with Gasteiger partial charge in [0.25, 0.3) is 0 Å². The lowest BCUT2D eigenvalue weighted by Crippen LogP contribution is -2.26. The molecule has 0 aliphatic rings. The maximum atomic E-state index is 11.7. The normalized spacial score (nSPS) is 10.7. The molecule has 0 heterocycles. The number of carbonyl (C=O) groups is 1. The molecular weight excluding hydrogens is 275 g/mol. The zero-order valence-corrected chi connectivity index (χ0v) is 11.6. The Morgan fingerprint density at radius 2 is 2.11 bits per heavy atom. The summed E-state index contributed by atoms with van der Waals surface area (Å²) in [4.78, 5) is 13.6. The lowest BCUT2D eigenvalue weighted by molar-refractivity contribution is -0.116. The van der Waals surface area contributed by atoms with Crippen LogP contribution in [0.5, 0.6) is 0 Å². The van der Waals surface area contributed by atoms with Crippen molar-refractivity contribution in [1.29, 1.82) is 0 Å². The van der Waals surface area contributed by atoms with E-state index < -0.39 is 0 Å². The van der Waals surface area contributed by atoms with Gasteiger partial charge >= 0.3 is 0 Å². The number of hydrogen-bond donors (Lipinski definition) is 2. The zero-order chi connectivity index (χ0) is 13.5. The average molecular weight is 291 g/mol. The van der Waals surface area contributed by atoms with Crippen molar-refractivity contribution in [2.24, 2.45) is 0 Å². The summed E-state index contributed by atoms with van der Waals surface area (Å²) >= 11 is 11.8. The zero-order valence-electron chi connectivity index (χ0n) is 10.1. The number of aliphatic hydroxyl groups is 1. The van der Waals surface area contributed by atoms with Crippen LogP contribution in [0.1, 0.15) is 6.42 Å². The predicted molar refractivity (Wildman–Crippen MR) is 74.3 cm³/mol. The van der Waals surface area contributed by atoms with Crippen LogP contribution in [0.15, 0.2) is 18.2 Å². The van der Waals surface area contributed by atoms with Crippen molar-refractivity contribution < 1.29 is 9.90 Å². The Morgan fingerprint density at radius 3 is 2.78 bits per heavy atom. The van der Waals surface area contributed by atoms with Crippen molar-refractivity contribution in [2.75, 3.05) is 32.1 Å². The number of aliphatic hydroxyl groups excluding tert-OH is 1. The van der Waals surface area contributed by atoms with E-state index in [1.807, 2.05) is 11.9 Å². The minimum Gasteiger partial charge on any atom is -0.395 e. The van der Waals surface area contributed by atoms with Crippen LogP contribution in [0.3, 0.4) is 0 Å². The Kier molecular flexibility index (Phi) is 6.43. The molecule has 0 radical (unpaired) electrons. The van der Waals surface area contributed by atoms with Gasteiger partial charge in [0.15, 0.2) is 0 Å². The average Bonchev–Trinajstić information content (AvgIpc) is 2.32. The number of rotatable bonds is 6. The van der Waals surface area contributed by atoms with Crippen molar-refractivity contribution in [3.63, 3.8) is 0 Å². The van der Waals surface area contributed by atoms with Gasteiger partial charge in [-0.15, -0.1) is 0 Å². The van der Waals surface area contributed by atoms with Gasteiger partial charge in [0.1, 0.15) is 0 Å². The monoisotopic (exact) mass is 290 g/mol. The number of likely N-dealkylation sites (N-methyl/N-ethyl adjacent to an activating group) is 1. The maximum absolute atomic E-state index is 11.7. The lowest BCUT2D eigenvalue weighted by atomic mass is 10.3. The number of amides is 1. The molecule has 0 spiro atoms. The molecule has 0 aliphatic carbocycles. The highest BCUT2D eigenvalue weighted by Gasteiger charge is 2.07. The van der Waals surface area contributed by atoms with Gasteiger partial charge in [-0.1, -0.05) is 23.2 Å². The van der Waals surface area contributed by atoms with Gasteiger partial charge < -0.3 is 15.3 Å². The minimum absolute atomic E-state index is 0.0816. The number of halogens is 2. The SMILES string of the molecule is CN(CCO)CCC(=O)Nc1cc(Cl)ccc1Cl. The first-order valence-corrected chi connectivity index (χ1v) is 6.33. The standard InChI is InChI=1S/C12H16Cl2N2O2/c1-16(6-7-17)5-4-12(18)15-11-8-9(13)2-3-10(11)14/h2-3,8,17H,4-7H2,1H3,(H,15,18). The Labute approximate surface area is 116 Å².